The highest BCUT2D eigenvalue weighted by molar-refractivity contribution is 9.10. The summed E-state index contributed by atoms with van der Waals surface area (Å²) in [7, 11) is 1.98. The molecule has 1 amide bonds. The van der Waals surface area contributed by atoms with E-state index in [1.807, 2.05) is 50.1 Å². The molecule has 5 heteroatoms. The summed E-state index contributed by atoms with van der Waals surface area (Å²) in [5, 5.41) is 3.23. The van der Waals surface area contributed by atoms with Gasteiger partial charge >= 0.3 is 0 Å². The molecule has 0 spiro atoms. The number of hydrogen-bond donors (Lipinski definition) is 1. The van der Waals surface area contributed by atoms with Crippen LogP contribution in [0.25, 0.3) is 0 Å². The molecule has 1 fully saturated rings. The first kappa shape index (κ1) is 19.5. The van der Waals surface area contributed by atoms with E-state index in [2.05, 4.69) is 21.2 Å². The SMILES string of the molecule is CNCC1CCCN(C(=O)C(C)(C)c2ccc(Br)cc2)C1.Cl. The number of amides is 1. The van der Waals surface area contributed by atoms with Crippen LogP contribution in [0.4, 0.5) is 0 Å². The van der Waals surface area contributed by atoms with Crippen molar-refractivity contribution in [3.8, 4) is 0 Å². The van der Waals surface area contributed by atoms with Crippen molar-refractivity contribution in [3.05, 3.63) is 34.3 Å². The zero-order valence-corrected chi connectivity index (χ0v) is 16.0. The topological polar surface area (TPSA) is 32.3 Å². The smallest absolute Gasteiger partial charge is 0.232 e. The van der Waals surface area contributed by atoms with Gasteiger partial charge in [0.15, 0.2) is 0 Å². The van der Waals surface area contributed by atoms with Crippen LogP contribution in [0.5, 0.6) is 0 Å². The van der Waals surface area contributed by atoms with Crippen LogP contribution in [0, 0.1) is 5.92 Å². The summed E-state index contributed by atoms with van der Waals surface area (Å²) in [6, 6.07) is 8.09. The molecule has 1 atom stereocenters. The van der Waals surface area contributed by atoms with Crippen molar-refractivity contribution in [2.24, 2.45) is 5.92 Å². The summed E-state index contributed by atoms with van der Waals surface area (Å²) in [6.07, 6.45) is 2.32. The lowest BCUT2D eigenvalue weighted by atomic mass is 9.82. The Labute approximate surface area is 148 Å². The minimum atomic E-state index is -0.470. The van der Waals surface area contributed by atoms with Crippen molar-refractivity contribution in [1.82, 2.24) is 10.2 Å². The Morgan fingerprint density at radius 1 is 1.36 bits per heavy atom. The second-order valence-electron chi connectivity index (χ2n) is 6.45. The molecule has 1 N–H and O–H groups in total. The average Bonchev–Trinajstić information content (AvgIpc) is 2.47. The van der Waals surface area contributed by atoms with Gasteiger partial charge in [-0.2, -0.15) is 0 Å². The van der Waals surface area contributed by atoms with Crippen LogP contribution < -0.4 is 5.32 Å². The maximum Gasteiger partial charge on any atom is 0.232 e. The highest BCUT2D eigenvalue weighted by atomic mass is 79.9. The Balaban J connectivity index is 0.00000242. The molecule has 0 saturated carbocycles. The van der Waals surface area contributed by atoms with Crippen molar-refractivity contribution in [2.45, 2.75) is 32.1 Å². The number of halogens is 2. The number of hydrogen-bond acceptors (Lipinski definition) is 2. The zero-order chi connectivity index (χ0) is 15.5. The Bertz CT molecular complexity index is 488. The Kier molecular flexibility index (Phi) is 7.36. The van der Waals surface area contributed by atoms with Gasteiger partial charge in [-0.15, -0.1) is 12.4 Å². The maximum atomic E-state index is 12.9. The summed E-state index contributed by atoms with van der Waals surface area (Å²) < 4.78 is 1.04. The van der Waals surface area contributed by atoms with E-state index >= 15 is 0 Å². The molecule has 124 valence electrons. The normalized spacial score (nSPS) is 18.7. The standard InChI is InChI=1S/C17H25BrN2O.ClH/c1-17(2,14-6-8-15(18)9-7-14)16(21)20-10-4-5-13(12-20)11-19-3;/h6-9,13,19H,4-5,10-12H2,1-3H3;1H. The molecule has 2 rings (SSSR count). The van der Waals surface area contributed by atoms with E-state index in [1.54, 1.807) is 0 Å². The molecule has 0 radical (unpaired) electrons. The first-order valence-corrected chi connectivity index (χ1v) is 8.44. The number of carbonyl (C=O) groups is 1. The number of nitrogens with one attached hydrogen (secondary N) is 1. The fourth-order valence-electron chi connectivity index (χ4n) is 3.09. The van der Waals surface area contributed by atoms with Gasteiger partial charge in [-0.3, -0.25) is 4.79 Å². The molecule has 1 unspecified atom stereocenters. The van der Waals surface area contributed by atoms with Gasteiger partial charge in [-0.25, -0.2) is 0 Å². The van der Waals surface area contributed by atoms with Gasteiger partial charge in [0, 0.05) is 17.6 Å². The molecule has 1 aliphatic rings. The van der Waals surface area contributed by atoms with E-state index in [0.717, 1.165) is 36.1 Å². The van der Waals surface area contributed by atoms with Crippen LogP contribution in [-0.2, 0) is 10.2 Å². The van der Waals surface area contributed by atoms with Crippen molar-refractivity contribution in [3.63, 3.8) is 0 Å². The van der Waals surface area contributed by atoms with Gasteiger partial charge in [0.05, 0.1) is 5.41 Å². The summed E-state index contributed by atoms with van der Waals surface area (Å²) >= 11 is 3.45. The van der Waals surface area contributed by atoms with Crippen LogP contribution in [0.15, 0.2) is 28.7 Å². The van der Waals surface area contributed by atoms with Crippen LogP contribution in [0.2, 0.25) is 0 Å². The van der Waals surface area contributed by atoms with Gasteiger partial charge in [0.2, 0.25) is 5.91 Å². The van der Waals surface area contributed by atoms with E-state index in [4.69, 9.17) is 0 Å². The number of likely N-dealkylation sites (tertiary alicyclic amines) is 1. The Hall–Kier alpha value is -0.580. The van der Waals surface area contributed by atoms with E-state index in [0.29, 0.717) is 5.92 Å². The Morgan fingerprint density at radius 3 is 2.59 bits per heavy atom. The molecule has 1 aromatic carbocycles. The van der Waals surface area contributed by atoms with Crippen molar-refractivity contribution in [1.29, 1.82) is 0 Å². The number of nitrogens with zero attached hydrogens (tertiary/aromatic N) is 1. The van der Waals surface area contributed by atoms with Crippen molar-refractivity contribution >= 4 is 34.2 Å². The summed E-state index contributed by atoms with van der Waals surface area (Å²) in [5.74, 6) is 0.819. The largest absolute Gasteiger partial charge is 0.342 e. The highest BCUT2D eigenvalue weighted by Crippen LogP contribution is 2.29. The van der Waals surface area contributed by atoms with Crippen LogP contribution >= 0.6 is 28.3 Å². The highest BCUT2D eigenvalue weighted by Gasteiger charge is 2.35. The Morgan fingerprint density at radius 2 is 2.00 bits per heavy atom. The number of rotatable bonds is 4. The number of carbonyl (C=O) groups excluding carboxylic acids is 1. The van der Waals surface area contributed by atoms with Gasteiger partial charge in [0.1, 0.15) is 0 Å². The molecule has 1 aliphatic heterocycles. The first-order valence-electron chi connectivity index (χ1n) is 7.65. The van der Waals surface area contributed by atoms with Crippen LogP contribution in [0.3, 0.4) is 0 Å². The predicted octanol–water partition coefficient (Wildman–Crippen LogP) is 3.61. The third kappa shape index (κ3) is 4.46. The van der Waals surface area contributed by atoms with Crippen molar-refractivity contribution < 1.29 is 4.79 Å². The molecular formula is C17H26BrClN2O. The molecule has 22 heavy (non-hydrogen) atoms. The summed E-state index contributed by atoms with van der Waals surface area (Å²) in [4.78, 5) is 15.0. The van der Waals surface area contributed by atoms with E-state index in [9.17, 15) is 4.79 Å². The molecule has 1 heterocycles. The van der Waals surface area contributed by atoms with Gasteiger partial charge in [-0.05, 0) is 63.9 Å². The lowest BCUT2D eigenvalue weighted by molar-refractivity contribution is -0.138. The second kappa shape index (κ2) is 8.32. The third-order valence-corrected chi connectivity index (χ3v) is 4.93. The van der Waals surface area contributed by atoms with Gasteiger partial charge < -0.3 is 10.2 Å². The quantitative estimate of drug-likeness (QED) is 0.853. The number of piperidine rings is 1. The lowest BCUT2D eigenvalue weighted by Crippen LogP contribution is -2.49. The molecule has 1 aromatic rings. The second-order valence-corrected chi connectivity index (χ2v) is 7.36. The maximum absolute atomic E-state index is 12.9. The summed E-state index contributed by atoms with van der Waals surface area (Å²) in [6.45, 7) is 6.81. The van der Waals surface area contributed by atoms with Crippen LogP contribution in [0.1, 0.15) is 32.3 Å². The third-order valence-electron chi connectivity index (χ3n) is 4.40. The van der Waals surface area contributed by atoms with Gasteiger partial charge in [-0.1, -0.05) is 28.1 Å². The molecule has 3 nitrogen and oxygen atoms in total. The zero-order valence-electron chi connectivity index (χ0n) is 13.6. The predicted molar refractivity (Wildman–Crippen MR) is 97.6 cm³/mol. The van der Waals surface area contributed by atoms with E-state index in [1.165, 1.54) is 6.42 Å². The molecule has 0 bridgehead atoms. The van der Waals surface area contributed by atoms with Crippen LogP contribution in [-0.4, -0.2) is 37.5 Å². The minimum absolute atomic E-state index is 0. The molecule has 0 aliphatic carbocycles. The number of benzene rings is 1. The average molecular weight is 390 g/mol. The summed E-state index contributed by atoms with van der Waals surface area (Å²) in [5.41, 5.74) is 0.605. The monoisotopic (exact) mass is 388 g/mol. The fourth-order valence-corrected chi connectivity index (χ4v) is 3.35. The molecule has 0 aromatic heterocycles. The minimum Gasteiger partial charge on any atom is -0.342 e. The fraction of sp³-hybridized carbons (Fsp3) is 0.588. The lowest BCUT2D eigenvalue weighted by Gasteiger charge is -2.38. The van der Waals surface area contributed by atoms with E-state index < -0.39 is 5.41 Å². The van der Waals surface area contributed by atoms with Gasteiger partial charge in [0.25, 0.3) is 0 Å². The van der Waals surface area contributed by atoms with E-state index in [-0.39, 0.29) is 18.3 Å². The molecular weight excluding hydrogens is 364 g/mol. The molecule has 1 saturated heterocycles. The van der Waals surface area contributed by atoms with Crippen molar-refractivity contribution in [2.75, 3.05) is 26.7 Å². The first-order chi connectivity index (χ1) is 9.95.